The molecule has 4 nitrogen and oxygen atoms in total. The van der Waals surface area contributed by atoms with E-state index in [1.165, 1.54) is 0 Å². The normalized spacial score (nSPS) is 9.71. The quantitative estimate of drug-likeness (QED) is 0.749. The lowest BCUT2D eigenvalue weighted by atomic mass is 10.2. The number of phenolic OH excluding ortho intramolecular Hbond substituents is 1. The van der Waals surface area contributed by atoms with Crippen molar-refractivity contribution in [2.45, 2.75) is 27.7 Å². The zero-order valence-electron chi connectivity index (χ0n) is 13.3. The van der Waals surface area contributed by atoms with Crippen LogP contribution in [0.2, 0.25) is 0 Å². The number of aromatic hydroxyl groups is 1. The monoisotopic (exact) mass is 287 g/mol. The van der Waals surface area contributed by atoms with Crippen LogP contribution in [0, 0.1) is 13.8 Å². The van der Waals surface area contributed by atoms with Crippen molar-refractivity contribution in [3.63, 3.8) is 0 Å². The van der Waals surface area contributed by atoms with Gasteiger partial charge in [-0.3, -0.25) is 4.98 Å². The molecule has 0 spiro atoms. The van der Waals surface area contributed by atoms with Gasteiger partial charge in [0.05, 0.1) is 0 Å². The van der Waals surface area contributed by atoms with Gasteiger partial charge in [-0.05, 0) is 62.8 Å². The Bertz CT molecular complexity index is 553. The highest BCUT2D eigenvalue weighted by Gasteiger charge is 1.99. The molecule has 3 N–H and O–H groups in total. The zero-order valence-corrected chi connectivity index (χ0v) is 13.3. The number of phenols is 1. The summed E-state index contributed by atoms with van der Waals surface area (Å²) < 4.78 is 0. The molecule has 1 aromatic carbocycles. The third-order valence-electron chi connectivity index (χ3n) is 2.88. The van der Waals surface area contributed by atoms with Gasteiger partial charge >= 0.3 is 0 Å². The van der Waals surface area contributed by atoms with Gasteiger partial charge < -0.3 is 15.7 Å². The molecule has 1 heterocycles. The van der Waals surface area contributed by atoms with Gasteiger partial charge in [-0.2, -0.15) is 0 Å². The molecule has 0 atom stereocenters. The van der Waals surface area contributed by atoms with Crippen LogP contribution in [0.5, 0.6) is 5.75 Å². The molecule has 4 heteroatoms. The zero-order chi connectivity index (χ0) is 15.7. The lowest BCUT2D eigenvalue weighted by molar-refractivity contribution is 0.471. The number of aryl methyl sites for hydroxylation is 2. The Morgan fingerprint density at radius 1 is 1.00 bits per heavy atom. The van der Waals surface area contributed by atoms with Crippen molar-refractivity contribution in [1.29, 1.82) is 0 Å². The molecule has 2 rings (SSSR count). The predicted molar refractivity (Wildman–Crippen MR) is 89.3 cm³/mol. The van der Waals surface area contributed by atoms with Crippen LogP contribution in [0.25, 0.3) is 0 Å². The fraction of sp³-hybridized carbons (Fsp3) is 0.353. The number of nitrogens with zero attached hydrogens (tertiary/aromatic N) is 1. The number of hydrogen-bond donors (Lipinski definition) is 3. The van der Waals surface area contributed by atoms with Crippen molar-refractivity contribution >= 4 is 11.4 Å². The molecule has 0 aliphatic heterocycles. The van der Waals surface area contributed by atoms with E-state index in [9.17, 15) is 5.11 Å². The van der Waals surface area contributed by atoms with Gasteiger partial charge in [0.2, 0.25) is 0 Å². The van der Waals surface area contributed by atoms with Crippen LogP contribution in [0.3, 0.4) is 0 Å². The van der Waals surface area contributed by atoms with E-state index in [1.807, 2.05) is 38.1 Å². The first kappa shape index (κ1) is 17.0. The van der Waals surface area contributed by atoms with Crippen molar-refractivity contribution < 1.29 is 5.11 Å². The second kappa shape index (κ2) is 8.97. The van der Waals surface area contributed by atoms with Crippen LogP contribution in [0.4, 0.5) is 11.4 Å². The van der Waals surface area contributed by atoms with Gasteiger partial charge in [-0.15, -0.1) is 0 Å². The van der Waals surface area contributed by atoms with Crippen molar-refractivity contribution in [1.82, 2.24) is 10.3 Å². The average Bonchev–Trinajstić information content (AvgIpc) is 2.45. The average molecular weight is 287 g/mol. The number of benzene rings is 1. The summed E-state index contributed by atoms with van der Waals surface area (Å²) in [6.07, 6.45) is 1.77. The minimum absolute atomic E-state index is 0.316. The molecule has 114 valence electrons. The van der Waals surface area contributed by atoms with Crippen LogP contribution in [0.15, 0.2) is 36.5 Å². The van der Waals surface area contributed by atoms with Crippen LogP contribution in [-0.2, 0) is 0 Å². The van der Waals surface area contributed by atoms with Crippen LogP contribution in [-0.4, -0.2) is 23.2 Å². The highest BCUT2D eigenvalue weighted by Crippen LogP contribution is 2.23. The smallest absolute Gasteiger partial charge is 0.118 e. The molecular weight excluding hydrogens is 262 g/mol. The molecule has 0 saturated carbocycles. The molecule has 1 aromatic heterocycles. The van der Waals surface area contributed by atoms with E-state index < -0.39 is 0 Å². The molecule has 0 radical (unpaired) electrons. The molecule has 0 saturated heterocycles. The molecule has 0 fully saturated rings. The van der Waals surface area contributed by atoms with Gasteiger partial charge in [0.15, 0.2) is 0 Å². The number of pyridine rings is 1. The third kappa shape index (κ3) is 6.27. The summed E-state index contributed by atoms with van der Waals surface area (Å²) >= 11 is 0. The first-order valence-corrected chi connectivity index (χ1v) is 7.26. The Hall–Kier alpha value is -2.07. The van der Waals surface area contributed by atoms with Crippen molar-refractivity contribution in [2.24, 2.45) is 0 Å². The fourth-order valence-electron chi connectivity index (χ4n) is 1.77. The largest absolute Gasteiger partial charge is 0.508 e. The van der Waals surface area contributed by atoms with Crippen LogP contribution < -0.4 is 10.6 Å². The Morgan fingerprint density at radius 2 is 1.67 bits per heavy atom. The highest BCUT2D eigenvalue weighted by atomic mass is 16.3. The third-order valence-corrected chi connectivity index (χ3v) is 2.88. The van der Waals surface area contributed by atoms with Gasteiger partial charge in [0.1, 0.15) is 5.75 Å². The Kier molecular flexibility index (Phi) is 7.26. The van der Waals surface area contributed by atoms with E-state index in [2.05, 4.69) is 29.5 Å². The van der Waals surface area contributed by atoms with E-state index in [-0.39, 0.29) is 0 Å². The first-order valence-electron chi connectivity index (χ1n) is 7.26. The molecule has 0 aliphatic carbocycles. The summed E-state index contributed by atoms with van der Waals surface area (Å²) in [4.78, 5) is 4.13. The molecule has 21 heavy (non-hydrogen) atoms. The lowest BCUT2D eigenvalue weighted by Crippen LogP contribution is -2.09. The fourth-order valence-corrected chi connectivity index (χ4v) is 1.77. The van der Waals surface area contributed by atoms with E-state index in [4.69, 9.17) is 0 Å². The number of anilines is 2. The summed E-state index contributed by atoms with van der Waals surface area (Å²) in [6, 6.07) is 9.33. The topological polar surface area (TPSA) is 57.2 Å². The summed E-state index contributed by atoms with van der Waals surface area (Å²) in [5, 5.41) is 15.8. The molecule has 0 bridgehead atoms. The molecule has 0 unspecified atom stereocenters. The molecule has 0 aliphatic rings. The number of rotatable bonds is 4. The first-order chi connectivity index (χ1) is 10.1. The summed E-state index contributed by atoms with van der Waals surface area (Å²) in [5.41, 5.74) is 3.79. The SMILES string of the molecule is CCNCC.Cc1cc(Nc2ccc(O)c(C)c2)ccn1. The summed E-state index contributed by atoms with van der Waals surface area (Å²) in [5.74, 6) is 0.316. The van der Waals surface area contributed by atoms with E-state index in [1.54, 1.807) is 12.3 Å². The maximum Gasteiger partial charge on any atom is 0.118 e. The van der Waals surface area contributed by atoms with Crippen molar-refractivity contribution in [3.05, 3.63) is 47.8 Å². The minimum atomic E-state index is 0.316. The molecular formula is C17H25N3O. The van der Waals surface area contributed by atoms with E-state index in [0.29, 0.717) is 5.75 Å². The molecule has 0 amide bonds. The minimum Gasteiger partial charge on any atom is -0.508 e. The maximum absolute atomic E-state index is 9.42. The van der Waals surface area contributed by atoms with Crippen LogP contribution in [0.1, 0.15) is 25.1 Å². The van der Waals surface area contributed by atoms with Crippen LogP contribution >= 0.6 is 0 Å². The standard InChI is InChI=1S/C13H14N2O.C4H11N/c1-9-7-11(3-4-13(9)16)15-12-5-6-14-10(2)8-12;1-3-5-4-2/h3-8,16H,1-2H3,(H,14,15);5H,3-4H2,1-2H3. The Balaban J connectivity index is 0.000000383. The van der Waals surface area contributed by atoms with Crippen molar-refractivity contribution in [3.8, 4) is 5.75 Å². The summed E-state index contributed by atoms with van der Waals surface area (Å²) in [7, 11) is 0. The Morgan fingerprint density at radius 3 is 2.19 bits per heavy atom. The Labute approximate surface area is 127 Å². The number of nitrogens with one attached hydrogen (secondary N) is 2. The second-order valence-corrected chi connectivity index (χ2v) is 4.77. The maximum atomic E-state index is 9.42. The van der Waals surface area contributed by atoms with Gasteiger partial charge in [0, 0.05) is 23.3 Å². The summed E-state index contributed by atoms with van der Waals surface area (Å²) in [6.45, 7) is 10.2. The van der Waals surface area contributed by atoms with E-state index >= 15 is 0 Å². The number of hydrogen-bond acceptors (Lipinski definition) is 4. The highest BCUT2D eigenvalue weighted by molar-refractivity contribution is 5.61. The van der Waals surface area contributed by atoms with Gasteiger partial charge in [-0.1, -0.05) is 13.8 Å². The molecule has 2 aromatic rings. The van der Waals surface area contributed by atoms with E-state index in [0.717, 1.165) is 35.7 Å². The van der Waals surface area contributed by atoms with Gasteiger partial charge in [-0.25, -0.2) is 0 Å². The van der Waals surface area contributed by atoms with Gasteiger partial charge in [0.25, 0.3) is 0 Å². The number of aromatic nitrogens is 1. The van der Waals surface area contributed by atoms with Crippen molar-refractivity contribution in [2.75, 3.05) is 18.4 Å². The second-order valence-electron chi connectivity index (χ2n) is 4.77. The lowest BCUT2D eigenvalue weighted by Gasteiger charge is -2.08. The predicted octanol–water partition coefficient (Wildman–Crippen LogP) is 3.76.